The Balaban J connectivity index is 0.000000507. The van der Waals surface area contributed by atoms with Gasteiger partial charge in [0.2, 0.25) is 6.41 Å². The SMILES string of the molecule is CCCN(CCC)C1CCOCC1.COc1ccc(NC=O)c(CCN(C)C2CCN(C(=P)O[C@H](Cc3cc(C)c(OC(C)=O)c(C)c3)C(C)=O)CC2)c1. The lowest BCUT2D eigenvalue weighted by molar-refractivity contribution is -0.132. The van der Waals surface area contributed by atoms with E-state index in [9.17, 15) is 14.4 Å². The number of amides is 1. The fourth-order valence-corrected chi connectivity index (χ4v) is 7.72. The molecule has 2 aromatic rings. The highest BCUT2D eigenvalue weighted by Crippen LogP contribution is 2.27. The van der Waals surface area contributed by atoms with Crippen LogP contribution in [0.25, 0.3) is 0 Å². The number of nitrogens with zero attached hydrogens (tertiary/aromatic N) is 3. The molecule has 4 rings (SSSR count). The predicted molar refractivity (Wildman–Crippen MR) is 219 cm³/mol. The second-order valence-corrected chi connectivity index (χ2v) is 14.9. The number of rotatable bonds is 19. The Morgan fingerprint density at radius 3 is 2.15 bits per heavy atom. The molecule has 0 aromatic heterocycles. The zero-order valence-electron chi connectivity index (χ0n) is 34.0. The molecule has 2 aliphatic heterocycles. The molecule has 0 unspecified atom stereocenters. The third kappa shape index (κ3) is 14.5. The van der Waals surface area contributed by atoms with E-state index < -0.39 is 6.10 Å². The van der Waals surface area contributed by atoms with E-state index in [2.05, 4.69) is 49.8 Å². The van der Waals surface area contributed by atoms with Crippen LogP contribution in [0.3, 0.4) is 0 Å². The number of hydrogen-bond donors (Lipinski definition) is 1. The number of hydrogen-bond acceptors (Lipinski definition) is 9. The van der Waals surface area contributed by atoms with Gasteiger partial charge in [0, 0.05) is 64.0 Å². The van der Waals surface area contributed by atoms with Gasteiger partial charge in [0.25, 0.3) is 0 Å². The first-order valence-corrected chi connectivity index (χ1v) is 20.1. The molecule has 1 N–H and O–H groups in total. The van der Waals surface area contributed by atoms with Crippen molar-refractivity contribution in [1.29, 1.82) is 0 Å². The minimum atomic E-state index is -0.640. The van der Waals surface area contributed by atoms with Crippen LogP contribution < -0.4 is 14.8 Å². The van der Waals surface area contributed by atoms with E-state index in [1.54, 1.807) is 7.11 Å². The molecule has 0 spiro atoms. The van der Waals surface area contributed by atoms with Crippen molar-refractivity contribution in [3.8, 4) is 11.5 Å². The Morgan fingerprint density at radius 1 is 0.981 bits per heavy atom. The highest BCUT2D eigenvalue weighted by Gasteiger charge is 2.27. The van der Waals surface area contributed by atoms with Gasteiger partial charge in [-0.15, -0.1) is 0 Å². The maximum atomic E-state index is 12.5. The van der Waals surface area contributed by atoms with Crippen molar-refractivity contribution < 1.29 is 33.3 Å². The summed E-state index contributed by atoms with van der Waals surface area (Å²) in [4.78, 5) is 42.1. The summed E-state index contributed by atoms with van der Waals surface area (Å²) in [5.74, 6) is 0.903. The lowest BCUT2D eigenvalue weighted by Crippen LogP contribution is -2.47. The maximum Gasteiger partial charge on any atom is 0.308 e. The molecule has 0 bridgehead atoms. The molecule has 2 aliphatic rings. The van der Waals surface area contributed by atoms with Crippen molar-refractivity contribution in [3.05, 3.63) is 52.6 Å². The summed E-state index contributed by atoms with van der Waals surface area (Å²) in [5, 5.41) is 2.78. The number of ketones is 1. The minimum absolute atomic E-state index is 0.0595. The predicted octanol–water partition coefficient (Wildman–Crippen LogP) is 6.48. The van der Waals surface area contributed by atoms with Crippen LogP contribution in [-0.2, 0) is 36.7 Å². The maximum absolute atomic E-state index is 12.5. The summed E-state index contributed by atoms with van der Waals surface area (Å²) in [6, 6.07) is 10.7. The van der Waals surface area contributed by atoms with E-state index >= 15 is 0 Å². The Labute approximate surface area is 326 Å². The molecule has 1 amide bonds. The summed E-state index contributed by atoms with van der Waals surface area (Å²) in [7, 11) is 7.42. The van der Waals surface area contributed by atoms with E-state index in [4.69, 9.17) is 18.9 Å². The third-order valence-electron chi connectivity index (χ3n) is 10.3. The fraction of sp³-hybridized carbons (Fsp3) is 0.619. The largest absolute Gasteiger partial charge is 0.497 e. The number of carbonyl (C=O) groups is 3. The van der Waals surface area contributed by atoms with Crippen LogP contribution in [0.5, 0.6) is 11.5 Å². The van der Waals surface area contributed by atoms with Crippen LogP contribution in [0.1, 0.15) is 88.5 Å². The van der Waals surface area contributed by atoms with Gasteiger partial charge in [-0.25, -0.2) is 0 Å². The molecule has 0 aliphatic carbocycles. The number of ether oxygens (including phenoxy) is 4. The Kier molecular flexibility index (Phi) is 19.8. The van der Waals surface area contributed by atoms with Gasteiger partial charge in [-0.05, 0) is 126 Å². The molecule has 0 radical (unpaired) electrons. The highest BCUT2D eigenvalue weighted by atomic mass is 31.0. The van der Waals surface area contributed by atoms with E-state index in [0.29, 0.717) is 30.2 Å². The molecule has 12 heteroatoms. The molecule has 11 nitrogen and oxygen atoms in total. The molecule has 1 atom stereocenters. The molecule has 0 saturated carbocycles. The molecule has 2 aromatic carbocycles. The van der Waals surface area contributed by atoms with Crippen LogP contribution in [0.2, 0.25) is 0 Å². The number of carbonyl (C=O) groups excluding carboxylic acids is 3. The smallest absolute Gasteiger partial charge is 0.308 e. The van der Waals surface area contributed by atoms with Crippen LogP contribution in [0.4, 0.5) is 5.69 Å². The third-order valence-corrected chi connectivity index (χ3v) is 10.7. The number of likely N-dealkylation sites (N-methyl/N-ethyl adjacent to an activating group) is 1. The molecule has 2 saturated heterocycles. The molecular formula is C42H65N4O7P. The monoisotopic (exact) mass is 768 g/mol. The number of methoxy groups -OCH3 is 1. The van der Waals surface area contributed by atoms with Gasteiger partial charge >= 0.3 is 5.97 Å². The van der Waals surface area contributed by atoms with Crippen molar-refractivity contribution in [1.82, 2.24) is 14.7 Å². The first-order chi connectivity index (χ1) is 25.9. The standard InChI is InChI=1S/C31H42N3O6P.C11H23NO/c1-20-15-24(16-21(2)30(20)39-23(4)37)17-29(22(3)36)40-31(41)34-13-10-26(11-14-34)33(5)12-9-25-18-27(38-6)7-8-28(25)32-19-35;1-3-7-12(8-4-2)11-5-9-13-10-6-11/h7-8,15-16,18-19,26,29,41H,9-14,17H2,1-6H3,(H,32,35);11H,3-10H2,1-2H3/t29-;/m1./s1. The van der Waals surface area contributed by atoms with Gasteiger partial charge < -0.3 is 34.1 Å². The van der Waals surface area contributed by atoms with Crippen LogP contribution >= 0.6 is 8.86 Å². The number of piperidine rings is 1. The lowest BCUT2D eigenvalue weighted by Gasteiger charge is -2.37. The molecule has 54 heavy (non-hydrogen) atoms. The second-order valence-electron chi connectivity index (χ2n) is 14.5. The number of likely N-dealkylation sites (tertiary alicyclic amines) is 1. The Bertz CT molecular complexity index is 1480. The first kappa shape index (κ1) is 45.2. The van der Waals surface area contributed by atoms with Gasteiger partial charge in [0.15, 0.2) is 5.78 Å². The zero-order chi connectivity index (χ0) is 39.6. The van der Waals surface area contributed by atoms with Crippen LogP contribution in [0, 0.1) is 13.8 Å². The van der Waals surface area contributed by atoms with Crippen molar-refractivity contribution in [3.63, 3.8) is 0 Å². The number of esters is 1. The number of nitrogens with one attached hydrogen (secondary N) is 1. The second kappa shape index (κ2) is 23.7. The first-order valence-electron chi connectivity index (χ1n) is 19.6. The number of aryl methyl sites for hydroxylation is 2. The van der Waals surface area contributed by atoms with E-state index in [-0.39, 0.29) is 11.8 Å². The van der Waals surface area contributed by atoms with E-state index in [1.165, 1.54) is 52.6 Å². The van der Waals surface area contributed by atoms with Crippen molar-refractivity contribution in [2.24, 2.45) is 0 Å². The van der Waals surface area contributed by atoms with Gasteiger partial charge in [0.05, 0.1) is 7.11 Å². The van der Waals surface area contributed by atoms with Gasteiger partial charge in [-0.1, -0.05) is 34.8 Å². The summed E-state index contributed by atoms with van der Waals surface area (Å²) < 4.78 is 22.2. The Morgan fingerprint density at radius 2 is 1.61 bits per heavy atom. The van der Waals surface area contributed by atoms with Gasteiger partial charge in [-0.3, -0.25) is 19.3 Å². The average Bonchev–Trinajstić information content (AvgIpc) is 3.16. The number of Topliss-reactive ketones (excluding diaryl/α,β-unsaturated/α-hetero) is 1. The van der Waals surface area contributed by atoms with Crippen LogP contribution in [0.15, 0.2) is 30.3 Å². The average molecular weight is 769 g/mol. The number of anilines is 1. The molecule has 2 fully saturated rings. The summed E-state index contributed by atoms with van der Waals surface area (Å²) in [5.41, 5.74) is 5.02. The number of benzene rings is 2. The zero-order valence-corrected chi connectivity index (χ0v) is 35.0. The summed E-state index contributed by atoms with van der Waals surface area (Å²) >= 11 is 0. The molecule has 2 heterocycles. The Hall–Kier alpha value is -3.18. The van der Waals surface area contributed by atoms with Gasteiger partial charge in [-0.2, -0.15) is 0 Å². The van der Waals surface area contributed by atoms with Crippen LogP contribution in [-0.4, -0.2) is 117 Å². The molecular weight excluding hydrogens is 703 g/mol. The van der Waals surface area contributed by atoms with Gasteiger partial charge in [0.1, 0.15) is 23.2 Å². The van der Waals surface area contributed by atoms with E-state index in [0.717, 1.165) is 91.8 Å². The van der Waals surface area contributed by atoms with Crippen molar-refractivity contribution in [2.45, 2.75) is 111 Å². The fourth-order valence-electron chi connectivity index (χ4n) is 7.35. The summed E-state index contributed by atoms with van der Waals surface area (Å²) in [6.45, 7) is 18.1. The lowest BCUT2D eigenvalue weighted by atomic mass is 10.00. The normalized spacial score (nSPS) is 16.0. The van der Waals surface area contributed by atoms with Crippen molar-refractivity contribution >= 4 is 38.3 Å². The molecule has 300 valence electrons. The van der Waals surface area contributed by atoms with E-state index in [1.807, 2.05) is 44.2 Å². The minimum Gasteiger partial charge on any atom is -0.497 e. The summed E-state index contributed by atoms with van der Waals surface area (Å²) in [6.07, 6.45) is 8.17. The van der Waals surface area contributed by atoms with Crippen molar-refractivity contribution in [2.75, 3.05) is 65.4 Å². The topological polar surface area (TPSA) is 110 Å². The highest BCUT2D eigenvalue weighted by molar-refractivity contribution is 7.20. The quantitative estimate of drug-likeness (QED) is 0.0739.